The lowest BCUT2D eigenvalue weighted by molar-refractivity contribution is -0.434. The van der Waals surface area contributed by atoms with Crippen LogP contribution in [-0.4, -0.2) is 77.3 Å². The fourth-order valence-corrected chi connectivity index (χ4v) is 8.20. The molecular formula is C28H22ClN11O16S5. The van der Waals surface area contributed by atoms with Crippen LogP contribution in [0.1, 0.15) is 0 Å². The van der Waals surface area contributed by atoms with Gasteiger partial charge in [0, 0.05) is 16.5 Å². The summed E-state index contributed by atoms with van der Waals surface area (Å²) in [5.74, 6) is -1.86. The molecule has 0 aliphatic rings. The van der Waals surface area contributed by atoms with Crippen molar-refractivity contribution in [3.8, 4) is 11.9 Å². The second-order valence-electron chi connectivity index (χ2n) is 11.0. The fraction of sp³-hybridized carbons (Fsp3) is 0.0714. The molecule has 33 heteroatoms. The Morgan fingerprint density at radius 1 is 0.803 bits per heavy atom. The average molecular weight is 964 g/mol. The Labute approximate surface area is 354 Å². The first kappa shape index (κ1) is 46.6. The summed E-state index contributed by atoms with van der Waals surface area (Å²) in [5, 5.41) is 64.5. The van der Waals surface area contributed by atoms with E-state index in [1.165, 1.54) is 24.3 Å². The lowest BCUT2D eigenvalue weighted by Gasteiger charge is -2.12. The number of halogens is 1. The Kier molecular flexibility index (Phi) is 15.2. The van der Waals surface area contributed by atoms with Gasteiger partial charge in [-0.3, -0.25) is 18.6 Å². The van der Waals surface area contributed by atoms with Crippen molar-refractivity contribution in [2.24, 2.45) is 20.5 Å². The lowest BCUT2D eigenvalue weighted by atomic mass is 10.1. The van der Waals surface area contributed by atoms with E-state index in [0.717, 1.165) is 24.3 Å². The summed E-state index contributed by atoms with van der Waals surface area (Å²) in [5.41, 5.74) is 4.30. The van der Waals surface area contributed by atoms with Gasteiger partial charge in [-0.1, -0.05) is 10.1 Å². The van der Waals surface area contributed by atoms with E-state index in [4.69, 9.17) is 37.3 Å². The molecule has 0 saturated heterocycles. The standard InChI is InChI=1S/C28H22ClN11O16S5/c29-26-34-27(32-12-30)36-28(35-26)33-13-1-6-21(60(46,47)48)19(9-13)38-40-24-20(57-55-53-42)11-16-15(25(24)41)3-4-17(31)23(16)39-37-18-5-2-14(10-22(18)61(49,50)51)59(44,45)8-7-52-58-56-54-43/h1-6,9-11,41-43H,7-8,31H2,(H,46,47,48)(H,49,50,51)(H2,32,33,34,35,36). The number of aromatic hydroxyl groups is 1. The first-order chi connectivity index (χ1) is 28.9. The first-order valence-corrected chi connectivity index (χ1v) is 21.8. The van der Waals surface area contributed by atoms with Crippen LogP contribution in [0.5, 0.6) is 5.75 Å². The van der Waals surface area contributed by atoms with Gasteiger partial charge in [-0.25, -0.2) is 18.9 Å². The van der Waals surface area contributed by atoms with Crippen molar-refractivity contribution in [1.29, 1.82) is 5.26 Å². The number of nitrogen functional groups attached to an aromatic ring is 1. The number of azo groups is 2. The number of benzene rings is 4. The van der Waals surface area contributed by atoms with Gasteiger partial charge in [-0.05, 0) is 66.2 Å². The molecule has 4 aromatic carbocycles. The number of anilines is 4. The number of hydrogen-bond acceptors (Lipinski definition) is 27. The number of nitrogens with one attached hydrogen (secondary N) is 2. The molecule has 0 aliphatic heterocycles. The highest BCUT2D eigenvalue weighted by Gasteiger charge is 2.24. The molecule has 322 valence electrons. The zero-order valence-corrected chi connectivity index (χ0v) is 34.2. The van der Waals surface area contributed by atoms with E-state index in [0.29, 0.717) is 6.07 Å². The largest absolute Gasteiger partial charge is 0.505 e. The van der Waals surface area contributed by atoms with Gasteiger partial charge in [0.15, 0.2) is 34.1 Å². The van der Waals surface area contributed by atoms with Gasteiger partial charge in [-0.15, -0.1) is 29.1 Å². The maximum absolute atomic E-state index is 12.8. The maximum atomic E-state index is 12.8. The molecule has 5 aromatic rings. The number of nitrogens with zero attached hydrogens (tertiary/aromatic N) is 8. The summed E-state index contributed by atoms with van der Waals surface area (Å²) >= 11 is 6.22. The number of nitrogens with two attached hydrogens (primary N) is 1. The molecule has 5 rings (SSSR count). The molecule has 0 bridgehead atoms. The summed E-state index contributed by atoms with van der Waals surface area (Å²) < 4.78 is 108. The van der Waals surface area contributed by atoms with Crippen LogP contribution in [0.2, 0.25) is 5.28 Å². The van der Waals surface area contributed by atoms with Crippen LogP contribution in [0.3, 0.4) is 0 Å². The third-order valence-corrected chi connectivity index (χ3v) is 11.9. The Morgan fingerprint density at radius 3 is 2.18 bits per heavy atom. The van der Waals surface area contributed by atoms with Crippen molar-refractivity contribution in [2.45, 2.75) is 19.6 Å². The van der Waals surface area contributed by atoms with Crippen LogP contribution in [0.15, 0.2) is 94.6 Å². The second kappa shape index (κ2) is 19.9. The molecule has 0 radical (unpaired) electrons. The van der Waals surface area contributed by atoms with E-state index in [1.807, 2.05) is 0 Å². The molecule has 0 fully saturated rings. The highest BCUT2D eigenvalue weighted by molar-refractivity contribution is 7.94. The molecule has 0 saturated carbocycles. The number of aromatic nitrogens is 3. The summed E-state index contributed by atoms with van der Waals surface area (Å²) in [6, 6.07) is 9.40. The Balaban J connectivity index is 1.57. The van der Waals surface area contributed by atoms with Gasteiger partial charge < -0.3 is 16.2 Å². The molecule has 1 heterocycles. The minimum atomic E-state index is -5.15. The monoisotopic (exact) mass is 963 g/mol. The van der Waals surface area contributed by atoms with Crippen molar-refractivity contribution < 1.29 is 72.9 Å². The second-order valence-corrected chi connectivity index (χ2v) is 17.5. The maximum Gasteiger partial charge on any atom is 0.296 e. The van der Waals surface area contributed by atoms with Gasteiger partial charge >= 0.3 is 0 Å². The van der Waals surface area contributed by atoms with Crippen LogP contribution < -0.4 is 16.4 Å². The van der Waals surface area contributed by atoms with Crippen molar-refractivity contribution in [2.75, 3.05) is 28.7 Å². The van der Waals surface area contributed by atoms with Gasteiger partial charge in [0.2, 0.25) is 17.2 Å². The molecule has 61 heavy (non-hydrogen) atoms. The van der Waals surface area contributed by atoms with Gasteiger partial charge in [0.1, 0.15) is 32.5 Å². The molecule has 0 amide bonds. The van der Waals surface area contributed by atoms with Crippen LogP contribution in [0, 0.1) is 11.5 Å². The molecule has 0 aliphatic carbocycles. The summed E-state index contributed by atoms with van der Waals surface area (Å²) in [6.07, 6.45) is 1.60. The van der Waals surface area contributed by atoms with E-state index in [1.54, 1.807) is 6.19 Å². The number of sulfone groups is 1. The number of rotatable bonds is 19. The van der Waals surface area contributed by atoms with Gasteiger partial charge in [0.25, 0.3) is 20.2 Å². The Morgan fingerprint density at radius 2 is 1.49 bits per heavy atom. The van der Waals surface area contributed by atoms with E-state index in [-0.39, 0.29) is 74.3 Å². The van der Waals surface area contributed by atoms with Crippen LogP contribution in [0.25, 0.3) is 10.8 Å². The Bertz CT molecular complexity index is 2930. The molecular weight excluding hydrogens is 942 g/mol. The average Bonchev–Trinajstić information content (AvgIpc) is 3.18. The fourth-order valence-electron chi connectivity index (χ4n) is 4.79. The molecule has 0 atom stereocenters. The normalized spacial score (nSPS) is 12.3. The number of hydrogen-bond donors (Lipinski definition) is 8. The van der Waals surface area contributed by atoms with E-state index < -0.39 is 79.9 Å². The Hall–Kier alpha value is -5.48. The van der Waals surface area contributed by atoms with Gasteiger partial charge in [-0.2, -0.15) is 37.0 Å². The van der Waals surface area contributed by atoms with Crippen LogP contribution >= 0.6 is 36.0 Å². The number of nitriles is 1. The van der Waals surface area contributed by atoms with Gasteiger partial charge in [0.05, 0.1) is 39.9 Å². The third-order valence-electron chi connectivity index (χ3n) is 7.29. The van der Waals surface area contributed by atoms with Crippen molar-refractivity contribution in [3.63, 3.8) is 0 Å². The summed E-state index contributed by atoms with van der Waals surface area (Å²) in [6.45, 7) is -0.509. The lowest BCUT2D eigenvalue weighted by Crippen LogP contribution is -2.12. The highest BCUT2D eigenvalue weighted by atomic mass is 35.5. The molecule has 0 spiro atoms. The van der Waals surface area contributed by atoms with Crippen LogP contribution in [-0.2, 0) is 53.0 Å². The number of phenols is 1. The number of fused-ring (bicyclic) bond motifs is 1. The minimum Gasteiger partial charge on any atom is -0.505 e. The topological polar surface area (TPSA) is 412 Å². The van der Waals surface area contributed by atoms with Crippen molar-refractivity contribution in [1.82, 2.24) is 15.0 Å². The third kappa shape index (κ3) is 11.9. The van der Waals surface area contributed by atoms with Crippen molar-refractivity contribution >= 4 is 123 Å². The van der Waals surface area contributed by atoms with Crippen molar-refractivity contribution in [3.05, 3.63) is 59.9 Å². The van der Waals surface area contributed by atoms with E-state index in [9.17, 15) is 39.5 Å². The van der Waals surface area contributed by atoms with Crippen LogP contribution in [0.4, 0.5) is 46.0 Å². The molecule has 27 nitrogen and oxygen atoms in total. The predicted octanol–water partition coefficient (Wildman–Crippen LogP) is 6.13. The first-order valence-electron chi connectivity index (χ1n) is 15.5. The molecule has 9 N–H and O–H groups in total. The molecule has 1 aromatic heterocycles. The zero-order valence-electron chi connectivity index (χ0n) is 29.4. The highest BCUT2D eigenvalue weighted by Crippen LogP contribution is 2.48. The predicted molar refractivity (Wildman–Crippen MR) is 209 cm³/mol. The number of phenolic OH excluding ortho intramolecular Hbond substituents is 1. The van der Waals surface area contributed by atoms with E-state index in [2.05, 4.69) is 64.8 Å². The zero-order chi connectivity index (χ0) is 44.5. The molecule has 0 unspecified atom stereocenters. The van der Waals surface area contributed by atoms with E-state index >= 15 is 0 Å². The quantitative estimate of drug-likeness (QED) is 0.00531. The minimum absolute atomic E-state index is 0.0450. The SMILES string of the molecule is N#CNc1nc(Cl)nc(Nc2ccc(S(=O)(=O)O)c(N=Nc3c(SOOO)cc4c(N=Nc5ccc(S(=O)(=O)CCOSOOO)cc5S(=O)(=O)O)c(N)ccc4c3O)c2)n1. The summed E-state index contributed by atoms with van der Waals surface area (Å²) in [4.78, 5) is 8.94. The smallest absolute Gasteiger partial charge is 0.296 e. The summed E-state index contributed by atoms with van der Waals surface area (Å²) in [7, 11) is -14.4.